The second-order valence-electron chi connectivity index (χ2n) is 5.82. The van der Waals surface area contributed by atoms with Crippen molar-refractivity contribution in [3.05, 3.63) is 12.2 Å². The van der Waals surface area contributed by atoms with Gasteiger partial charge in [0.15, 0.2) is 0 Å². The Bertz CT molecular complexity index is 309. The highest BCUT2D eigenvalue weighted by atomic mass is 16.6. The number of rotatable bonds is 3. The Kier molecular flexibility index (Phi) is 3.57. The van der Waals surface area contributed by atoms with E-state index in [9.17, 15) is 9.90 Å². The highest BCUT2D eigenvalue weighted by Gasteiger charge is 2.44. The molecule has 96 valence electrons. The molecule has 0 amide bonds. The third kappa shape index (κ3) is 2.71. The molecule has 0 saturated heterocycles. The molecule has 0 aromatic rings. The van der Waals surface area contributed by atoms with E-state index in [-0.39, 0.29) is 12.6 Å². The van der Waals surface area contributed by atoms with Gasteiger partial charge in [-0.15, -0.1) is 0 Å². The van der Waals surface area contributed by atoms with Gasteiger partial charge < -0.3 is 9.84 Å². The molecule has 2 atom stereocenters. The van der Waals surface area contributed by atoms with E-state index >= 15 is 0 Å². The van der Waals surface area contributed by atoms with Crippen LogP contribution < -0.4 is 0 Å². The number of aliphatic hydroxyl groups is 1. The number of aliphatic hydroxyl groups excluding tert-OH is 1. The molecule has 0 radical (unpaired) electrons. The summed E-state index contributed by atoms with van der Waals surface area (Å²) in [5.41, 5.74) is -0.224. The van der Waals surface area contributed by atoms with Crippen LogP contribution in [0, 0.1) is 11.8 Å². The van der Waals surface area contributed by atoms with Crippen molar-refractivity contribution in [3.63, 3.8) is 0 Å². The Balaban J connectivity index is 2.08. The van der Waals surface area contributed by atoms with Gasteiger partial charge in [-0.05, 0) is 38.0 Å². The van der Waals surface area contributed by atoms with Crippen molar-refractivity contribution < 1.29 is 14.6 Å². The largest absolute Gasteiger partial charge is 0.453 e. The summed E-state index contributed by atoms with van der Waals surface area (Å²) in [6.07, 6.45) is 6.58. The van der Waals surface area contributed by atoms with Crippen LogP contribution >= 0.6 is 0 Å². The van der Waals surface area contributed by atoms with Crippen molar-refractivity contribution in [2.45, 2.75) is 51.0 Å². The van der Waals surface area contributed by atoms with Crippen LogP contribution in [0.1, 0.15) is 45.4 Å². The lowest BCUT2D eigenvalue weighted by atomic mass is 9.66. The number of hydrogen-bond acceptors (Lipinski definition) is 3. The monoisotopic (exact) mass is 238 g/mol. The number of hydrogen-bond donors (Lipinski definition) is 1. The maximum absolute atomic E-state index is 11.7. The topological polar surface area (TPSA) is 46.5 Å². The quantitative estimate of drug-likeness (QED) is 0.607. The predicted molar refractivity (Wildman–Crippen MR) is 65.4 cm³/mol. The molecule has 1 N–H and O–H groups in total. The van der Waals surface area contributed by atoms with E-state index in [1.807, 2.05) is 0 Å². The lowest BCUT2D eigenvalue weighted by Crippen LogP contribution is -2.47. The number of fused-ring (bicyclic) bond motifs is 2. The average molecular weight is 238 g/mol. The molecule has 2 unspecified atom stereocenters. The zero-order valence-electron chi connectivity index (χ0n) is 10.6. The fraction of sp³-hybridized carbons (Fsp3) is 0.786. The molecule has 3 heteroatoms. The number of carbonyl (C=O) groups is 1. The molecule has 0 aliphatic heterocycles. The van der Waals surface area contributed by atoms with Gasteiger partial charge in [-0.1, -0.05) is 25.8 Å². The van der Waals surface area contributed by atoms with Gasteiger partial charge in [0.05, 0.1) is 6.61 Å². The van der Waals surface area contributed by atoms with E-state index in [2.05, 4.69) is 6.58 Å². The minimum absolute atomic E-state index is 0.0565. The molecule has 2 aliphatic carbocycles. The van der Waals surface area contributed by atoms with Gasteiger partial charge in [0.25, 0.3) is 0 Å². The second kappa shape index (κ2) is 4.81. The molecule has 0 aromatic heterocycles. The summed E-state index contributed by atoms with van der Waals surface area (Å²) in [6.45, 7) is 5.20. The number of esters is 1. The van der Waals surface area contributed by atoms with E-state index in [0.717, 1.165) is 12.8 Å². The van der Waals surface area contributed by atoms with Crippen LogP contribution in [0.5, 0.6) is 0 Å². The molecule has 2 rings (SSSR count). The second-order valence-corrected chi connectivity index (χ2v) is 5.82. The zero-order chi connectivity index (χ0) is 12.5. The SMILES string of the molecule is C=C(C)C(=O)OC1(CO)CC2CCCC(C2)C1. The third-order valence-electron chi connectivity index (χ3n) is 4.16. The molecule has 2 aliphatic rings. The van der Waals surface area contributed by atoms with Crippen LogP contribution in [0.3, 0.4) is 0 Å². The fourth-order valence-electron chi connectivity index (χ4n) is 3.44. The van der Waals surface area contributed by atoms with Gasteiger partial charge in [-0.3, -0.25) is 0 Å². The average Bonchev–Trinajstić information content (AvgIpc) is 2.28. The highest BCUT2D eigenvalue weighted by Crippen LogP contribution is 2.46. The van der Waals surface area contributed by atoms with Gasteiger partial charge in [0, 0.05) is 5.57 Å². The summed E-state index contributed by atoms with van der Waals surface area (Å²) < 4.78 is 5.54. The van der Waals surface area contributed by atoms with Crippen LogP contribution in [0.25, 0.3) is 0 Å². The highest BCUT2D eigenvalue weighted by molar-refractivity contribution is 5.87. The summed E-state index contributed by atoms with van der Waals surface area (Å²) in [6, 6.07) is 0. The Morgan fingerprint density at radius 3 is 2.47 bits per heavy atom. The van der Waals surface area contributed by atoms with Crippen molar-refractivity contribution >= 4 is 5.97 Å². The Morgan fingerprint density at radius 1 is 1.41 bits per heavy atom. The summed E-state index contributed by atoms with van der Waals surface area (Å²) >= 11 is 0. The van der Waals surface area contributed by atoms with E-state index < -0.39 is 5.60 Å². The molecule has 2 fully saturated rings. The van der Waals surface area contributed by atoms with Crippen molar-refractivity contribution in [2.24, 2.45) is 11.8 Å². The van der Waals surface area contributed by atoms with Crippen LogP contribution in [0.2, 0.25) is 0 Å². The van der Waals surface area contributed by atoms with Crippen molar-refractivity contribution in [1.82, 2.24) is 0 Å². The fourth-order valence-corrected chi connectivity index (χ4v) is 3.44. The summed E-state index contributed by atoms with van der Waals surface area (Å²) in [5.74, 6) is 0.874. The molecule has 0 heterocycles. The van der Waals surface area contributed by atoms with Crippen LogP contribution in [0.15, 0.2) is 12.2 Å². The summed E-state index contributed by atoms with van der Waals surface area (Å²) in [7, 11) is 0. The molecule has 0 spiro atoms. The first kappa shape index (κ1) is 12.6. The smallest absolute Gasteiger partial charge is 0.333 e. The summed E-state index contributed by atoms with van der Waals surface area (Å²) in [4.78, 5) is 11.7. The molecule has 2 saturated carbocycles. The van der Waals surface area contributed by atoms with Crippen LogP contribution in [0.4, 0.5) is 0 Å². The first-order chi connectivity index (χ1) is 8.04. The van der Waals surface area contributed by atoms with Gasteiger partial charge in [-0.25, -0.2) is 4.79 Å². The minimum Gasteiger partial charge on any atom is -0.453 e. The van der Waals surface area contributed by atoms with Gasteiger partial charge >= 0.3 is 5.97 Å². The van der Waals surface area contributed by atoms with Gasteiger partial charge in [0.2, 0.25) is 0 Å². The van der Waals surface area contributed by atoms with E-state index in [4.69, 9.17) is 4.74 Å². The van der Waals surface area contributed by atoms with Crippen molar-refractivity contribution in [3.8, 4) is 0 Å². The third-order valence-corrected chi connectivity index (χ3v) is 4.16. The van der Waals surface area contributed by atoms with Crippen molar-refractivity contribution in [1.29, 1.82) is 0 Å². The minimum atomic E-state index is -0.635. The lowest BCUT2D eigenvalue weighted by Gasteiger charge is -2.45. The molecule has 2 bridgehead atoms. The molecule has 0 aromatic carbocycles. The Morgan fingerprint density at radius 2 is 2.00 bits per heavy atom. The first-order valence-corrected chi connectivity index (χ1v) is 6.54. The molecular formula is C14H22O3. The van der Waals surface area contributed by atoms with Gasteiger partial charge in [0.1, 0.15) is 5.60 Å². The Hall–Kier alpha value is -0.830. The summed E-state index contributed by atoms with van der Waals surface area (Å²) in [5, 5.41) is 9.62. The zero-order valence-corrected chi connectivity index (χ0v) is 10.6. The molecule has 3 nitrogen and oxygen atoms in total. The number of carbonyl (C=O) groups excluding carboxylic acids is 1. The normalized spacial score (nSPS) is 36.4. The predicted octanol–water partition coefficient (Wildman–Crippen LogP) is 2.44. The number of ether oxygens (including phenoxy) is 1. The van der Waals surface area contributed by atoms with Gasteiger partial charge in [-0.2, -0.15) is 0 Å². The van der Waals surface area contributed by atoms with Crippen molar-refractivity contribution in [2.75, 3.05) is 6.61 Å². The van der Waals surface area contributed by atoms with E-state index in [1.165, 1.54) is 25.7 Å². The first-order valence-electron chi connectivity index (χ1n) is 6.54. The lowest BCUT2D eigenvalue weighted by molar-refractivity contribution is -0.171. The maximum Gasteiger partial charge on any atom is 0.333 e. The Labute approximate surface area is 103 Å². The van der Waals surface area contributed by atoms with Crippen LogP contribution in [-0.2, 0) is 9.53 Å². The maximum atomic E-state index is 11.7. The molecular weight excluding hydrogens is 216 g/mol. The van der Waals surface area contributed by atoms with E-state index in [0.29, 0.717) is 17.4 Å². The van der Waals surface area contributed by atoms with E-state index in [1.54, 1.807) is 6.92 Å². The molecule has 17 heavy (non-hydrogen) atoms. The standard InChI is InChI=1S/C14H22O3/c1-10(2)13(16)17-14(9-15)7-11-4-3-5-12(6-11)8-14/h11-12,15H,1,3-9H2,2H3. The van der Waals surface area contributed by atoms with Crippen LogP contribution in [-0.4, -0.2) is 23.3 Å².